The first-order chi connectivity index (χ1) is 9.91. The number of amides is 1. The molecule has 0 atom stereocenters. The first-order valence-electron chi connectivity index (χ1n) is 6.98. The van der Waals surface area contributed by atoms with E-state index in [1.165, 1.54) is 6.07 Å². The smallest absolute Gasteiger partial charge is 0.347 e. The highest BCUT2D eigenvalue weighted by Gasteiger charge is 2.31. The van der Waals surface area contributed by atoms with E-state index in [1.807, 2.05) is 6.92 Å². The summed E-state index contributed by atoms with van der Waals surface area (Å²) in [7, 11) is 0. The Morgan fingerprint density at radius 1 is 1.29 bits per heavy atom. The van der Waals surface area contributed by atoms with E-state index in [2.05, 4.69) is 4.98 Å². The van der Waals surface area contributed by atoms with Gasteiger partial charge in [-0.05, 0) is 25.0 Å². The zero-order valence-corrected chi connectivity index (χ0v) is 11.9. The summed E-state index contributed by atoms with van der Waals surface area (Å²) in [4.78, 5) is 19.5. The van der Waals surface area contributed by atoms with E-state index in [9.17, 15) is 18.0 Å². The number of aromatic nitrogens is 1. The van der Waals surface area contributed by atoms with Crippen LogP contribution in [0.3, 0.4) is 0 Å². The van der Waals surface area contributed by atoms with E-state index < -0.39 is 11.7 Å². The monoisotopic (exact) mass is 301 g/mol. The van der Waals surface area contributed by atoms with E-state index in [1.54, 1.807) is 9.80 Å². The van der Waals surface area contributed by atoms with Crippen LogP contribution in [0.2, 0.25) is 0 Å². The molecule has 1 fully saturated rings. The van der Waals surface area contributed by atoms with Gasteiger partial charge in [-0.1, -0.05) is 6.92 Å². The van der Waals surface area contributed by atoms with Crippen molar-refractivity contribution in [3.8, 4) is 0 Å². The molecular weight excluding hydrogens is 283 g/mol. The van der Waals surface area contributed by atoms with Gasteiger partial charge in [-0.2, -0.15) is 13.2 Å². The highest BCUT2D eigenvalue weighted by molar-refractivity contribution is 5.81. The molecule has 7 heteroatoms. The SMILES string of the molecule is CCCN1CCCN(c2ccc(C(F)(F)F)cn2)CC1=O. The first kappa shape index (κ1) is 15.6. The van der Waals surface area contributed by atoms with Crippen LogP contribution in [0.15, 0.2) is 18.3 Å². The Morgan fingerprint density at radius 3 is 2.62 bits per heavy atom. The molecule has 0 spiro atoms. The molecule has 4 nitrogen and oxygen atoms in total. The van der Waals surface area contributed by atoms with E-state index in [0.717, 1.165) is 25.1 Å². The lowest BCUT2D eigenvalue weighted by atomic mass is 10.2. The fourth-order valence-electron chi connectivity index (χ4n) is 2.36. The average molecular weight is 301 g/mol. The molecule has 0 aromatic carbocycles. The lowest BCUT2D eigenvalue weighted by Gasteiger charge is -2.22. The second kappa shape index (κ2) is 6.32. The third kappa shape index (κ3) is 3.86. The molecule has 0 radical (unpaired) electrons. The molecule has 2 heterocycles. The Bertz CT molecular complexity index is 487. The summed E-state index contributed by atoms with van der Waals surface area (Å²) >= 11 is 0. The Morgan fingerprint density at radius 2 is 2.05 bits per heavy atom. The van der Waals surface area contributed by atoms with E-state index in [0.29, 0.717) is 25.5 Å². The number of hydrogen-bond donors (Lipinski definition) is 0. The molecule has 0 N–H and O–H groups in total. The Hall–Kier alpha value is -1.79. The number of hydrogen-bond acceptors (Lipinski definition) is 3. The maximum absolute atomic E-state index is 12.5. The summed E-state index contributed by atoms with van der Waals surface area (Å²) < 4.78 is 37.5. The standard InChI is InChI=1S/C14H18F3N3O/c1-2-6-19-7-3-8-20(10-13(19)21)12-5-4-11(9-18-12)14(15,16)17/h4-5,9H,2-3,6-8,10H2,1H3. The van der Waals surface area contributed by atoms with Crippen LogP contribution in [0.4, 0.5) is 19.0 Å². The van der Waals surface area contributed by atoms with Crippen molar-refractivity contribution in [1.82, 2.24) is 9.88 Å². The second-order valence-corrected chi connectivity index (χ2v) is 5.06. The Labute approximate surface area is 121 Å². The fourth-order valence-corrected chi connectivity index (χ4v) is 2.36. The quantitative estimate of drug-likeness (QED) is 0.861. The highest BCUT2D eigenvalue weighted by Crippen LogP contribution is 2.29. The molecule has 1 aliphatic rings. The van der Waals surface area contributed by atoms with Crippen molar-refractivity contribution in [1.29, 1.82) is 0 Å². The van der Waals surface area contributed by atoms with Gasteiger partial charge in [0.05, 0.1) is 12.1 Å². The van der Waals surface area contributed by atoms with Gasteiger partial charge in [-0.3, -0.25) is 4.79 Å². The molecular formula is C14H18F3N3O. The molecule has 1 aromatic heterocycles. The van der Waals surface area contributed by atoms with Crippen LogP contribution < -0.4 is 4.90 Å². The minimum Gasteiger partial charge on any atom is -0.347 e. The Kier molecular flexibility index (Phi) is 4.69. The van der Waals surface area contributed by atoms with Crippen molar-refractivity contribution in [3.05, 3.63) is 23.9 Å². The maximum Gasteiger partial charge on any atom is 0.417 e. The molecule has 1 aliphatic heterocycles. The number of rotatable bonds is 3. The zero-order chi connectivity index (χ0) is 15.5. The fraction of sp³-hybridized carbons (Fsp3) is 0.571. The second-order valence-electron chi connectivity index (χ2n) is 5.06. The van der Waals surface area contributed by atoms with Gasteiger partial charge in [0.25, 0.3) is 0 Å². The topological polar surface area (TPSA) is 36.4 Å². The Balaban J connectivity index is 2.10. The van der Waals surface area contributed by atoms with Gasteiger partial charge in [-0.25, -0.2) is 4.98 Å². The largest absolute Gasteiger partial charge is 0.417 e. The maximum atomic E-state index is 12.5. The van der Waals surface area contributed by atoms with Crippen LogP contribution >= 0.6 is 0 Å². The highest BCUT2D eigenvalue weighted by atomic mass is 19.4. The number of alkyl halides is 3. The molecule has 1 saturated heterocycles. The minimum absolute atomic E-state index is 0.00366. The van der Waals surface area contributed by atoms with Crippen molar-refractivity contribution in [2.75, 3.05) is 31.1 Å². The van der Waals surface area contributed by atoms with Crippen LogP contribution in [0.1, 0.15) is 25.3 Å². The number of halogens is 3. The molecule has 0 unspecified atom stereocenters. The third-order valence-corrected chi connectivity index (χ3v) is 3.43. The molecule has 0 aliphatic carbocycles. The van der Waals surface area contributed by atoms with Gasteiger partial charge in [-0.15, -0.1) is 0 Å². The summed E-state index contributed by atoms with van der Waals surface area (Å²) in [5.74, 6) is 0.408. The van der Waals surface area contributed by atoms with Crippen molar-refractivity contribution < 1.29 is 18.0 Å². The first-order valence-corrected chi connectivity index (χ1v) is 6.98. The number of anilines is 1. The van der Waals surface area contributed by atoms with Crippen molar-refractivity contribution in [3.63, 3.8) is 0 Å². The number of carbonyl (C=O) groups is 1. The number of carbonyl (C=O) groups excluding carboxylic acids is 1. The minimum atomic E-state index is -4.39. The van der Waals surface area contributed by atoms with E-state index >= 15 is 0 Å². The van der Waals surface area contributed by atoms with Gasteiger partial charge in [0.2, 0.25) is 5.91 Å². The predicted molar refractivity (Wildman–Crippen MR) is 72.9 cm³/mol. The normalized spacial score (nSPS) is 17.0. The van der Waals surface area contributed by atoms with Gasteiger partial charge in [0.1, 0.15) is 5.82 Å². The molecule has 1 amide bonds. The van der Waals surface area contributed by atoms with Gasteiger partial charge in [0, 0.05) is 25.8 Å². The average Bonchev–Trinajstić information content (AvgIpc) is 2.61. The van der Waals surface area contributed by atoms with Crippen molar-refractivity contribution in [2.45, 2.75) is 25.9 Å². The van der Waals surface area contributed by atoms with Crippen LogP contribution in [0, 0.1) is 0 Å². The van der Waals surface area contributed by atoms with Crippen LogP contribution in [-0.4, -0.2) is 42.0 Å². The predicted octanol–water partition coefficient (Wildman–Crippen LogP) is 2.55. The molecule has 21 heavy (non-hydrogen) atoms. The van der Waals surface area contributed by atoms with E-state index in [4.69, 9.17) is 0 Å². The van der Waals surface area contributed by atoms with Crippen LogP contribution in [0.25, 0.3) is 0 Å². The lowest BCUT2D eigenvalue weighted by molar-refractivity contribution is -0.137. The molecule has 0 saturated carbocycles. The van der Waals surface area contributed by atoms with Crippen LogP contribution in [-0.2, 0) is 11.0 Å². The van der Waals surface area contributed by atoms with Gasteiger partial charge in [0.15, 0.2) is 0 Å². The van der Waals surface area contributed by atoms with Gasteiger partial charge >= 0.3 is 6.18 Å². The number of nitrogens with zero attached hydrogens (tertiary/aromatic N) is 3. The lowest BCUT2D eigenvalue weighted by Crippen LogP contribution is -2.37. The van der Waals surface area contributed by atoms with Crippen LogP contribution in [0.5, 0.6) is 0 Å². The third-order valence-electron chi connectivity index (χ3n) is 3.43. The molecule has 0 bridgehead atoms. The summed E-state index contributed by atoms with van der Waals surface area (Å²) in [6.07, 6.45) is -1.90. The van der Waals surface area contributed by atoms with E-state index in [-0.39, 0.29) is 12.5 Å². The van der Waals surface area contributed by atoms with Crippen molar-refractivity contribution >= 4 is 11.7 Å². The number of pyridine rings is 1. The summed E-state index contributed by atoms with van der Waals surface area (Å²) in [5, 5.41) is 0. The summed E-state index contributed by atoms with van der Waals surface area (Å²) in [5.41, 5.74) is -0.778. The summed E-state index contributed by atoms with van der Waals surface area (Å²) in [6, 6.07) is 2.33. The molecule has 1 aromatic rings. The zero-order valence-electron chi connectivity index (χ0n) is 11.9. The molecule has 2 rings (SSSR count). The van der Waals surface area contributed by atoms with Gasteiger partial charge < -0.3 is 9.80 Å². The molecule has 116 valence electrons. The van der Waals surface area contributed by atoms with Crippen molar-refractivity contribution in [2.24, 2.45) is 0 Å². The summed E-state index contributed by atoms with van der Waals surface area (Å²) in [6.45, 7) is 4.19.